The van der Waals surface area contributed by atoms with Gasteiger partial charge in [0.05, 0.1) is 17.6 Å². The van der Waals surface area contributed by atoms with Crippen LogP contribution in [0.2, 0.25) is 0 Å². The smallest absolute Gasteiger partial charge is 0.339 e. The minimum atomic E-state index is -3.77. The molecule has 1 aliphatic rings. The van der Waals surface area contributed by atoms with Crippen molar-refractivity contribution in [3.63, 3.8) is 0 Å². The molecule has 2 N–H and O–H groups in total. The van der Waals surface area contributed by atoms with Crippen LogP contribution in [0.5, 0.6) is 0 Å². The van der Waals surface area contributed by atoms with Crippen LogP contribution in [-0.2, 0) is 14.8 Å². The van der Waals surface area contributed by atoms with E-state index in [1.807, 2.05) is 6.92 Å². The van der Waals surface area contributed by atoms with E-state index in [2.05, 4.69) is 10.0 Å². The number of methoxy groups -OCH3 is 1. The number of ether oxygens (including phenoxy) is 1. The van der Waals surface area contributed by atoms with Gasteiger partial charge in [0.15, 0.2) is 0 Å². The molecule has 2 unspecified atom stereocenters. The van der Waals surface area contributed by atoms with Crippen molar-refractivity contribution < 1.29 is 17.9 Å². The summed E-state index contributed by atoms with van der Waals surface area (Å²) in [5, 5.41) is 3.23. The Hall–Kier alpha value is -1.44. The summed E-state index contributed by atoms with van der Waals surface area (Å²) in [5.74, 6) is -0.460. The van der Waals surface area contributed by atoms with Gasteiger partial charge in [0, 0.05) is 6.04 Å². The van der Waals surface area contributed by atoms with E-state index < -0.39 is 16.0 Å². The van der Waals surface area contributed by atoms with Crippen molar-refractivity contribution >= 4 is 16.0 Å². The minimum absolute atomic E-state index is 0.0318. The van der Waals surface area contributed by atoms with Gasteiger partial charge in [-0.3, -0.25) is 0 Å². The van der Waals surface area contributed by atoms with E-state index in [1.54, 1.807) is 13.0 Å². The van der Waals surface area contributed by atoms with Crippen molar-refractivity contribution in [1.29, 1.82) is 0 Å². The molecule has 0 bridgehead atoms. The van der Waals surface area contributed by atoms with Crippen LogP contribution >= 0.6 is 0 Å². The Balaban J connectivity index is 2.34. The summed E-state index contributed by atoms with van der Waals surface area (Å²) in [4.78, 5) is 11.8. The predicted octanol–water partition coefficient (Wildman–Crippen LogP) is 1.06. The SMILES string of the molecule is COC(=O)c1cc(C)ccc1S(=O)(=O)NC1CCNCC1C. The highest BCUT2D eigenvalue weighted by Gasteiger charge is 2.29. The van der Waals surface area contributed by atoms with Crippen LogP contribution in [0.15, 0.2) is 23.1 Å². The van der Waals surface area contributed by atoms with Crippen molar-refractivity contribution in [2.24, 2.45) is 5.92 Å². The van der Waals surface area contributed by atoms with E-state index in [-0.39, 0.29) is 22.4 Å². The number of aryl methyl sites for hydroxylation is 1. The van der Waals surface area contributed by atoms with Gasteiger partial charge in [-0.2, -0.15) is 0 Å². The van der Waals surface area contributed by atoms with Gasteiger partial charge in [0.2, 0.25) is 10.0 Å². The van der Waals surface area contributed by atoms with E-state index in [4.69, 9.17) is 4.74 Å². The van der Waals surface area contributed by atoms with Crippen LogP contribution in [-0.4, -0.2) is 40.6 Å². The lowest BCUT2D eigenvalue weighted by Gasteiger charge is -2.30. The first kappa shape index (κ1) is 16.9. The Bertz CT molecular complexity index is 658. The molecule has 0 spiro atoms. The molecule has 0 saturated carbocycles. The Morgan fingerprint density at radius 2 is 2.14 bits per heavy atom. The molecule has 22 heavy (non-hydrogen) atoms. The fraction of sp³-hybridized carbons (Fsp3) is 0.533. The van der Waals surface area contributed by atoms with Crippen LogP contribution in [0, 0.1) is 12.8 Å². The van der Waals surface area contributed by atoms with Crippen molar-refractivity contribution in [3.8, 4) is 0 Å². The number of nitrogens with one attached hydrogen (secondary N) is 2. The van der Waals surface area contributed by atoms with Crippen LogP contribution in [0.3, 0.4) is 0 Å². The average molecular weight is 326 g/mol. The van der Waals surface area contributed by atoms with Gasteiger partial charge >= 0.3 is 5.97 Å². The number of esters is 1. The summed E-state index contributed by atoms with van der Waals surface area (Å²) >= 11 is 0. The molecule has 1 aromatic carbocycles. The second-order valence-corrected chi connectivity index (χ2v) is 7.37. The van der Waals surface area contributed by atoms with Gasteiger partial charge in [-0.25, -0.2) is 17.9 Å². The lowest BCUT2D eigenvalue weighted by atomic mass is 9.97. The second kappa shape index (κ2) is 6.76. The van der Waals surface area contributed by atoms with E-state index >= 15 is 0 Å². The summed E-state index contributed by atoms with van der Waals surface area (Å²) < 4.78 is 32.7. The summed E-state index contributed by atoms with van der Waals surface area (Å²) in [6.45, 7) is 5.33. The summed E-state index contributed by atoms with van der Waals surface area (Å²) in [7, 11) is -2.53. The molecule has 1 aromatic rings. The molecule has 2 atom stereocenters. The minimum Gasteiger partial charge on any atom is -0.465 e. The first-order valence-electron chi connectivity index (χ1n) is 7.27. The zero-order chi connectivity index (χ0) is 16.3. The molecule has 6 nitrogen and oxygen atoms in total. The van der Waals surface area contributed by atoms with Crippen molar-refractivity contribution in [2.45, 2.75) is 31.2 Å². The molecule has 1 heterocycles. The first-order valence-corrected chi connectivity index (χ1v) is 8.75. The van der Waals surface area contributed by atoms with Gasteiger partial charge < -0.3 is 10.1 Å². The Morgan fingerprint density at radius 1 is 1.41 bits per heavy atom. The normalized spacial score (nSPS) is 22.3. The monoisotopic (exact) mass is 326 g/mol. The molecule has 2 rings (SSSR count). The fourth-order valence-corrected chi connectivity index (χ4v) is 4.15. The van der Waals surface area contributed by atoms with Crippen molar-refractivity contribution in [2.75, 3.05) is 20.2 Å². The van der Waals surface area contributed by atoms with Gasteiger partial charge in [0.1, 0.15) is 0 Å². The van der Waals surface area contributed by atoms with Gasteiger partial charge in [-0.05, 0) is 44.5 Å². The largest absolute Gasteiger partial charge is 0.465 e. The topological polar surface area (TPSA) is 84.5 Å². The van der Waals surface area contributed by atoms with Crippen molar-refractivity contribution in [1.82, 2.24) is 10.0 Å². The zero-order valence-electron chi connectivity index (χ0n) is 13.0. The van der Waals surface area contributed by atoms with E-state index in [0.717, 1.165) is 25.1 Å². The first-order chi connectivity index (χ1) is 10.3. The van der Waals surface area contributed by atoms with Crippen molar-refractivity contribution in [3.05, 3.63) is 29.3 Å². The molecule has 1 fully saturated rings. The maximum absolute atomic E-state index is 12.7. The highest BCUT2D eigenvalue weighted by Crippen LogP contribution is 2.21. The average Bonchev–Trinajstić information content (AvgIpc) is 2.48. The fourth-order valence-electron chi connectivity index (χ4n) is 2.60. The van der Waals surface area contributed by atoms with E-state index in [1.165, 1.54) is 19.2 Å². The highest BCUT2D eigenvalue weighted by atomic mass is 32.2. The van der Waals surface area contributed by atoms with Crippen LogP contribution in [0.4, 0.5) is 0 Å². The number of rotatable bonds is 4. The molecule has 1 saturated heterocycles. The third kappa shape index (κ3) is 3.66. The van der Waals surface area contributed by atoms with Crippen LogP contribution in [0.25, 0.3) is 0 Å². The molecule has 0 aliphatic carbocycles. The zero-order valence-corrected chi connectivity index (χ0v) is 13.9. The number of hydrogen-bond acceptors (Lipinski definition) is 5. The number of carbonyl (C=O) groups is 1. The third-order valence-electron chi connectivity index (χ3n) is 3.92. The summed E-state index contributed by atoms with van der Waals surface area (Å²) in [6, 6.07) is 4.52. The summed E-state index contributed by atoms with van der Waals surface area (Å²) in [6.07, 6.45) is 0.722. The number of carbonyl (C=O) groups excluding carboxylic acids is 1. The molecular formula is C15H22N2O4S. The third-order valence-corrected chi connectivity index (χ3v) is 5.47. The second-order valence-electron chi connectivity index (χ2n) is 5.69. The Labute approximate surface area is 131 Å². The molecular weight excluding hydrogens is 304 g/mol. The molecule has 0 aromatic heterocycles. The lowest BCUT2D eigenvalue weighted by molar-refractivity contribution is 0.0596. The molecule has 1 aliphatic heterocycles. The number of piperidine rings is 1. The number of hydrogen-bond donors (Lipinski definition) is 2. The standard InChI is InChI=1S/C15H22N2O4S/c1-10-4-5-14(12(8-10)15(18)21-3)22(19,20)17-13-6-7-16-9-11(13)2/h4-5,8,11,13,16-17H,6-7,9H2,1-3H3. The van der Waals surface area contributed by atoms with E-state index in [9.17, 15) is 13.2 Å². The quantitative estimate of drug-likeness (QED) is 0.808. The number of benzene rings is 1. The van der Waals surface area contributed by atoms with Crippen LogP contribution in [0.1, 0.15) is 29.3 Å². The van der Waals surface area contributed by atoms with Gasteiger partial charge in [-0.15, -0.1) is 0 Å². The maximum atomic E-state index is 12.7. The molecule has 0 radical (unpaired) electrons. The van der Waals surface area contributed by atoms with Gasteiger partial charge in [-0.1, -0.05) is 18.6 Å². The Kier molecular flexibility index (Phi) is 5.20. The van der Waals surface area contributed by atoms with E-state index in [0.29, 0.717) is 0 Å². The summed E-state index contributed by atoms with van der Waals surface area (Å²) in [5.41, 5.74) is 0.867. The van der Waals surface area contributed by atoms with Crippen LogP contribution < -0.4 is 10.0 Å². The van der Waals surface area contributed by atoms with Gasteiger partial charge in [0.25, 0.3) is 0 Å². The Morgan fingerprint density at radius 3 is 2.77 bits per heavy atom. The predicted molar refractivity (Wildman–Crippen MR) is 83.3 cm³/mol. The molecule has 7 heteroatoms. The number of sulfonamides is 1. The highest BCUT2D eigenvalue weighted by molar-refractivity contribution is 7.89. The maximum Gasteiger partial charge on any atom is 0.339 e. The molecule has 122 valence electrons. The molecule has 0 amide bonds. The lowest BCUT2D eigenvalue weighted by Crippen LogP contribution is -2.48.